The first-order chi connectivity index (χ1) is 25.9. The number of nitrogens with zero attached hydrogens (tertiary/aromatic N) is 6. The molecule has 5 aromatic rings. The molecule has 0 bridgehead atoms. The second kappa shape index (κ2) is 17.2. The number of carbonyl (C=O) groups is 3. The molecule has 2 N–H and O–H groups in total. The van der Waals surface area contributed by atoms with Crippen molar-refractivity contribution in [1.82, 2.24) is 25.1 Å². The fourth-order valence-electron chi connectivity index (χ4n) is 6.16. The maximum absolute atomic E-state index is 14.5. The Balaban J connectivity index is 1.42. The quantitative estimate of drug-likeness (QED) is 0.0690. The minimum absolute atomic E-state index is 0.00285. The first-order valence-electron chi connectivity index (χ1n) is 17.0. The fourth-order valence-corrected chi connectivity index (χ4v) is 6.28. The van der Waals surface area contributed by atoms with Crippen LogP contribution in [-0.2, 0) is 20.7 Å². The van der Waals surface area contributed by atoms with Crippen LogP contribution < -0.4 is 15.4 Å². The van der Waals surface area contributed by atoms with Gasteiger partial charge in [-0.3, -0.25) is 29.1 Å². The van der Waals surface area contributed by atoms with Crippen molar-refractivity contribution in [3.63, 3.8) is 0 Å². The van der Waals surface area contributed by atoms with E-state index in [-0.39, 0.29) is 67.7 Å². The Bertz CT molecular complexity index is 2220. The van der Waals surface area contributed by atoms with Gasteiger partial charge < -0.3 is 25.0 Å². The summed E-state index contributed by atoms with van der Waals surface area (Å²) in [6.07, 6.45) is 0.430. The van der Waals surface area contributed by atoms with E-state index in [1.165, 1.54) is 24.1 Å². The molecule has 0 unspecified atom stereocenters. The summed E-state index contributed by atoms with van der Waals surface area (Å²) in [5.41, 5.74) is 1.17. The predicted molar refractivity (Wildman–Crippen MR) is 200 cm³/mol. The molecule has 2 aromatic heterocycles. The molecule has 0 aliphatic carbocycles. The number of hydrogen-bond acceptors (Lipinski definition) is 12. The molecule has 2 heterocycles. The largest absolute Gasteiger partial charge is 0.497 e. The van der Waals surface area contributed by atoms with Gasteiger partial charge in [-0.05, 0) is 91.6 Å². The van der Waals surface area contributed by atoms with Crippen LogP contribution in [0.5, 0.6) is 5.75 Å². The molecule has 2 amide bonds. The lowest BCUT2D eigenvalue weighted by Crippen LogP contribution is -2.58. The van der Waals surface area contributed by atoms with Crippen LogP contribution in [0.3, 0.4) is 0 Å². The first kappa shape index (κ1) is 39.2. The molecular formula is C37H39ClN8O8. The van der Waals surface area contributed by atoms with Crippen molar-refractivity contribution in [2.45, 2.75) is 45.6 Å². The van der Waals surface area contributed by atoms with E-state index in [2.05, 4.69) is 20.9 Å². The molecule has 0 aliphatic heterocycles. The molecule has 0 radical (unpaired) electrons. The molecule has 0 saturated heterocycles. The number of non-ortho nitro benzene ring substituents is 1. The number of ether oxygens (including phenoxy) is 2. The van der Waals surface area contributed by atoms with Gasteiger partial charge in [0, 0.05) is 47.4 Å². The number of hydrogen-bond donors (Lipinski definition) is 2. The standard InChI is InChI=1S/C37H39ClN8O8/c1-23-27(28-21-26(52-4)11-13-30(28)45(23)35(48)24-7-9-25(38)10-8-24)22-32(47)44(37(2,3)36(49)41-17-20-53-19-5-15-39)18-6-16-40-29-12-14-31(46(50)51)34-33(29)42-54-43-34/h7-14,21,40H,5-6,16-20,22H2,1-4H3,(H,41,49). The average molecular weight is 759 g/mol. The van der Waals surface area contributed by atoms with Crippen LogP contribution in [0.4, 0.5) is 11.4 Å². The summed E-state index contributed by atoms with van der Waals surface area (Å²) in [5.74, 6) is -0.560. The molecule has 0 spiro atoms. The fraction of sp³-hybridized carbons (Fsp3) is 0.351. The second-order valence-corrected chi connectivity index (χ2v) is 13.2. The van der Waals surface area contributed by atoms with Crippen LogP contribution in [0.1, 0.15) is 48.3 Å². The minimum Gasteiger partial charge on any atom is -0.497 e. The van der Waals surface area contributed by atoms with Gasteiger partial charge >= 0.3 is 5.69 Å². The monoisotopic (exact) mass is 758 g/mol. The highest BCUT2D eigenvalue weighted by atomic mass is 35.5. The number of carbonyl (C=O) groups excluding carboxylic acids is 3. The zero-order valence-corrected chi connectivity index (χ0v) is 30.9. The van der Waals surface area contributed by atoms with E-state index < -0.39 is 16.4 Å². The molecule has 3 aromatic carbocycles. The number of rotatable bonds is 17. The number of halogens is 1. The lowest BCUT2D eigenvalue weighted by atomic mass is 9.98. The molecule has 17 heteroatoms. The van der Waals surface area contributed by atoms with E-state index in [4.69, 9.17) is 31.0 Å². The molecule has 0 atom stereocenters. The maximum atomic E-state index is 14.5. The number of nitrogens with one attached hydrogen (secondary N) is 2. The van der Waals surface area contributed by atoms with Crippen LogP contribution in [0.2, 0.25) is 5.02 Å². The third-order valence-corrected chi connectivity index (χ3v) is 9.30. The Morgan fingerprint density at radius 3 is 2.52 bits per heavy atom. The summed E-state index contributed by atoms with van der Waals surface area (Å²) < 4.78 is 17.2. The average Bonchev–Trinajstić information content (AvgIpc) is 3.75. The number of nitro benzene ring substituents is 1. The molecule has 0 fully saturated rings. The van der Waals surface area contributed by atoms with Crippen molar-refractivity contribution >= 4 is 62.6 Å². The van der Waals surface area contributed by atoms with Crippen LogP contribution in [0, 0.1) is 28.4 Å². The molecule has 0 saturated carbocycles. The smallest absolute Gasteiger partial charge is 0.300 e. The van der Waals surface area contributed by atoms with Gasteiger partial charge in [0.25, 0.3) is 5.91 Å². The van der Waals surface area contributed by atoms with E-state index in [1.54, 1.807) is 67.8 Å². The minimum atomic E-state index is -1.34. The molecule has 54 heavy (non-hydrogen) atoms. The van der Waals surface area contributed by atoms with E-state index in [9.17, 15) is 24.5 Å². The third kappa shape index (κ3) is 8.43. The van der Waals surface area contributed by atoms with Crippen molar-refractivity contribution in [3.05, 3.63) is 86.6 Å². The topological polar surface area (TPSA) is 208 Å². The number of aromatic nitrogens is 3. The van der Waals surface area contributed by atoms with Gasteiger partial charge in [-0.2, -0.15) is 5.26 Å². The number of fused-ring (bicyclic) bond motifs is 2. The van der Waals surface area contributed by atoms with E-state index in [0.29, 0.717) is 57.1 Å². The van der Waals surface area contributed by atoms with Gasteiger partial charge in [-0.15, -0.1) is 0 Å². The van der Waals surface area contributed by atoms with Gasteiger partial charge in [-0.25, -0.2) is 4.63 Å². The van der Waals surface area contributed by atoms with Crippen LogP contribution in [-0.4, -0.2) is 87.9 Å². The van der Waals surface area contributed by atoms with Crippen molar-refractivity contribution in [1.29, 1.82) is 5.26 Å². The third-order valence-electron chi connectivity index (χ3n) is 9.05. The number of amides is 2. The molecule has 16 nitrogen and oxygen atoms in total. The molecule has 282 valence electrons. The van der Waals surface area contributed by atoms with Crippen molar-refractivity contribution < 1.29 is 33.4 Å². The molecule has 0 aliphatic rings. The van der Waals surface area contributed by atoms with Gasteiger partial charge in [0.2, 0.25) is 17.3 Å². The Labute approximate surface area is 315 Å². The molecule has 5 rings (SSSR count). The highest BCUT2D eigenvalue weighted by Crippen LogP contribution is 2.32. The normalized spacial score (nSPS) is 11.3. The van der Waals surface area contributed by atoms with Crippen molar-refractivity contribution in [3.8, 4) is 11.8 Å². The lowest BCUT2D eigenvalue weighted by molar-refractivity contribution is -0.383. The summed E-state index contributed by atoms with van der Waals surface area (Å²) in [6.45, 7) is 6.06. The summed E-state index contributed by atoms with van der Waals surface area (Å²) in [6, 6.07) is 16.6. The number of methoxy groups -OCH3 is 1. The number of nitriles is 1. The van der Waals surface area contributed by atoms with Crippen LogP contribution >= 0.6 is 11.6 Å². The predicted octanol–water partition coefficient (Wildman–Crippen LogP) is 5.44. The van der Waals surface area contributed by atoms with Gasteiger partial charge in [-0.1, -0.05) is 11.6 Å². The number of benzene rings is 3. The Morgan fingerprint density at radius 2 is 1.81 bits per heavy atom. The van der Waals surface area contributed by atoms with Crippen molar-refractivity contribution in [2.24, 2.45) is 0 Å². The summed E-state index contributed by atoms with van der Waals surface area (Å²) in [4.78, 5) is 54.4. The van der Waals surface area contributed by atoms with Gasteiger partial charge in [0.1, 0.15) is 11.3 Å². The Hall–Kier alpha value is -6.05. The zero-order valence-electron chi connectivity index (χ0n) is 30.2. The second-order valence-electron chi connectivity index (χ2n) is 12.8. The van der Waals surface area contributed by atoms with E-state index in [0.717, 1.165) is 0 Å². The van der Waals surface area contributed by atoms with E-state index in [1.807, 2.05) is 6.07 Å². The van der Waals surface area contributed by atoms with Crippen LogP contribution in [0.15, 0.2) is 59.2 Å². The number of nitro groups is 1. The Morgan fingerprint density at radius 1 is 1.07 bits per heavy atom. The lowest BCUT2D eigenvalue weighted by Gasteiger charge is -2.37. The van der Waals surface area contributed by atoms with Gasteiger partial charge in [0.15, 0.2) is 5.52 Å². The number of anilines is 1. The van der Waals surface area contributed by atoms with E-state index >= 15 is 0 Å². The highest BCUT2D eigenvalue weighted by Gasteiger charge is 2.38. The summed E-state index contributed by atoms with van der Waals surface area (Å²) in [5, 5.41) is 34.8. The summed E-state index contributed by atoms with van der Waals surface area (Å²) >= 11 is 6.08. The zero-order chi connectivity index (χ0) is 39.0. The SMILES string of the molecule is COc1ccc2c(c1)c(CC(=O)N(CCCNc1ccc([N+](=O)[O-])c3nonc13)C(C)(C)C(=O)NCCOCCC#N)c(C)n2C(=O)c1ccc(Cl)cc1. The van der Waals surface area contributed by atoms with Crippen LogP contribution in [0.25, 0.3) is 21.9 Å². The Kier molecular flexibility index (Phi) is 12.5. The van der Waals surface area contributed by atoms with Gasteiger partial charge in [0.05, 0.1) is 55.4 Å². The summed E-state index contributed by atoms with van der Waals surface area (Å²) in [7, 11) is 1.53. The molecular weight excluding hydrogens is 720 g/mol. The van der Waals surface area contributed by atoms with Crippen molar-refractivity contribution in [2.75, 3.05) is 45.3 Å². The highest BCUT2D eigenvalue weighted by molar-refractivity contribution is 6.30. The first-order valence-corrected chi connectivity index (χ1v) is 17.4. The maximum Gasteiger partial charge on any atom is 0.300 e.